The maximum absolute atomic E-state index is 12.7. The highest BCUT2D eigenvalue weighted by atomic mass is 35.7. The van der Waals surface area contributed by atoms with Crippen molar-refractivity contribution in [2.75, 3.05) is 11.4 Å². The molecule has 2 aromatic carbocycles. The Morgan fingerprint density at radius 2 is 1.70 bits per heavy atom. The molecule has 9 heteroatoms. The van der Waals surface area contributed by atoms with Crippen LogP contribution < -0.4 is 4.90 Å². The molecule has 124 valence electrons. The quantitative estimate of drug-likeness (QED) is 0.780. The fourth-order valence-corrected chi connectivity index (χ4v) is 3.37. The van der Waals surface area contributed by atoms with Crippen LogP contribution in [0.15, 0.2) is 41.3 Å². The lowest BCUT2D eigenvalue weighted by molar-refractivity contribution is -0.170. The summed E-state index contributed by atoms with van der Waals surface area (Å²) in [6.07, 6.45) is -5.03. The fraction of sp³-hybridized carbons (Fsp3) is 0.214. The van der Waals surface area contributed by atoms with E-state index < -0.39 is 21.1 Å². The minimum absolute atomic E-state index is 0.0329. The number of carbonyl (C=O) groups excluding carboxylic acids is 1. The molecule has 0 aliphatic rings. The number of fused-ring (bicyclic) bond motifs is 1. The molecule has 1 amide bonds. The van der Waals surface area contributed by atoms with Gasteiger partial charge >= 0.3 is 12.1 Å². The van der Waals surface area contributed by atoms with E-state index in [1.807, 2.05) is 0 Å². The first-order chi connectivity index (χ1) is 10.6. The van der Waals surface area contributed by atoms with Crippen molar-refractivity contribution in [1.29, 1.82) is 0 Å². The molecule has 0 aliphatic carbocycles. The monoisotopic (exact) mass is 365 g/mol. The summed E-state index contributed by atoms with van der Waals surface area (Å²) in [5.74, 6) is -2.02. The van der Waals surface area contributed by atoms with Crippen LogP contribution in [-0.2, 0) is 13.8 Å². The molecule has 0 spiro atoms. The summed E-state index contributed by atoms with van der Waals surface area (Å²) in [4.78, 5) is 11.9. The van der Waals surface area contributed by atoms with E-state index in [0.29, 0.717) is 4.90 Å². The van der Waals surface area contributed by atoms with Gasteiger partial charge in [0.15, 0.2) is 0 Å². The van der Waals surface area contributed by atoms with Crippen molar-refractivity contribution in [2.45, 2.75) is 18.0 Å². The Labute approximate surface area is 134 Å². The molecule has 0 bridgehead atoms. The summed E-state index contributed by atoms with van der Waals surface area (Å²) in [5, 5.41) is 0.335. The van der Waals surface area contributed by atoms with Gasteiger partial charge in [0.2, 0.25) is 0 Å². The van der Waals surface area contributed by atoms with Gasteiger partial charge in [-0.3, -0.25) is 4.79 Å². The molecule has 4 nitrogen and oxygen atoms in total. The van der Waals surface area contributed by atoms with Gasteiger partial charge in [-0.1, -0.05) is 24.3 Å². The Balaban J connectivity index is 2.74. The Hall–Kier alpha value is -1.80. The number of amides is 1. The normalized spacial score (nSPS) is 12.4. The lowest BCUT2D eigenvalue weighted by atomic mass is 10.1. The van der Waals surface area contributed by atoms with Gasteiger partial charge in [0, 0.05) is 28.0 Å². The van der Waals surface area contributed by atoms with Crippen molar-refractivity contribution >= 4 is 42.1 Å². The summed E-state index contributed by atoms with van der Waals surface area (Å²) < 4.78 is 61.4. The topological polar surface area (TPSA) is 54.5 Å². The Kier molecular flexibility index (Phi) is 4.59. The van der Waals surface area contributed by atoms with Gasteiger partial charge in [0.1, 0.15) is 0 Å². The SMILES string of the molecule is CCN(C(=O)C(F)(F)F)c1cccc2c(S(=O)(=O)Cl)cccc12. The number of rotatable bonds is 3. The number of carbonyl (C=O) groups is 1. The highest BCUT2D eigenvalue weighted by molar-refractivity contribution is 8.14. The van der Waals surface area contributed by atoms with Gasteiger partial charge < -0.3 is 4.90 Å². The first-order valence-corrected chi connectivity index (χ1v) is 8.73. The standard InChI is InChI=1S/C14H11ClF3NO3S/c1-2-19(13(20)14(16,17)18)11-7-3-6-10-9(11)5-4-8-12(10)23(15,21)22/h3-8H,2H2,1H3. The number of halogens is 4. The number of anilines is 1. The number of benzene rings is 2. The Morgan fingerprint density at radius 3 is 2.22 bits per heavy atom. The van der Waals surface area contributed by atoms with E-state index in [1.165, 1.54) is 43.3 Å². The van der Waals surface area contributed by atoms with Crippen molar-refractivity contribution in [1.82, 2.24) is 0 Å². The maximum atomic E-state index is 12.7. The molecular formula is C14H11ClF3NO3S. The van der Waals surface area contributed by atoms with Gasteiger partial charge in [-0.05, 0) is 19.1 Å². The molecule has 0 aliphatic heterocycles. The van der Waals surface area contributed by atoms with E-state index in [-0.39, 0.29) is 27.9 Å². The summed E-state index contributed by atoms with van der Waals surface area (Å²) in [6.45, 7) is 1.17. The molecule has 0 N–H and O–H groups in total. The smallest absolute Gasteiger partial charge is 0.304 e. The third-order valence-electron chi connectivity index (χ3n) is 3.22. The van der Waals surface area contributed by atoms with Crippen LogP contribution in [-0.4, -0.2) is 27.0 Å². The molecule has 0 heterocycles. The molecule has 0 atom stereocenters. The van der Waals surface area contributed by atoms with Crippen LogP contribution in [0, 0.1) is 0 Å². The molecule has 2 aromatic rings. The zero-order valence-corrected chi connectivity index (χ0v) is 13.3. The highest BCUT2D eigenvalue weighted by Crippen LogP contribution is 2.34. The Bertz CT molecular complexity index is 865. The lowest BCUT2D eigenvalue weighted by Crippen LogP contribution is -2.41. The van der Waals surface area contributed by atoms with Crippen molar-refractivity contribution in [2.24, 2.45) is 0 Å². The molecular weight excluding hydrogens is 355 g/mol. The van der Waals surface area contributed by atoms with Gasteiger partial charge in [-0.15, -0.1) is 0 Å². The van der Waals surface area contributed by atoms with E-state index in [9.17, 15) is 26.4 Å². The second-order valence-corrected chi connectivity index (χ2v) is 7.15. The van der Waals surface area contributed by atoms with Crippen LogP contribution in [0.5, 0.6) is 0 Å². The third kappa shape index (κ3) is 3.42. The van der Waals surface area contributed by atoms with Gasteiger partial charge in [0.25, 0.3) is 9.05 Å². The van der Waals surface area contributed by atoms with E-state index in [2.05, 4.69) is 0 Å². The molecule has 0 radical (unpaired) electrons. The summed E-state index contributed by atoms with van der Waals surface area (Å²) >= 11 is 0. The van der Waals surface area contributed by atoms with Crippen molar-refractivity contribution in [3.05, 3.63) is 36.4 Å². The average molecular weight is 366 g/mol. The number of hydrogen-bond donors (Lipinski definition) is 0. The van der Waals surface area contributed by atoms with Crippen LogP contribution in [0.4, 0.5) is 18.9 Å². The maximum Gasteiger partial charge on any atom is 0.471 e. The van der Waals surface area contributed by atoms with Crippen LogP contribution in [0.3, 0.4) is 0 Å². The number of alkyl halides is 3. The summed E-state index contributed by atoms with van der Waals surface area (Å²) in [6, 6.07) is 8.14. The van der Waals surface area contributed by atoms with Crippen LogP contribution in [0.1, 0.15) is 6.92 Å². The summed E-state index contributed by atoms with van der Waals surface area (Å²) in [5.41, 5.74) is -0.0329. The second-order valence-electron chi connectivity index (χ2n) is 4.61. The molecule has 23 heavy (non-hydrogen) atoms. The van der Waals surface area contributed by atoms with Gasteiger partial charge in [-0.2, -0.15) is 13.2 Å². The van der Waals surface area contributed by atoms with Crippen molar-refractivity contribution < 1.29 is 26.4 Å². The molecule has 0 fully saturated rings. The molecule has 2 rings (SSSR count). The van der Waals surface area contributed by atoms with E-state index in [1.54, 1.807) is 0 Å². The average Bonchev–Trinajstić information content (AvgIpc) is 2.45. The minimum Gasteiger partial charge on any atom is -0.304 e. The van der Waals surface area contributed by atoms with Crippen LogP contribution in [0.25, 0.3) is 10.8 Å². The molecule has 0 aromatic heterocycles. The zero-order chi connectivity index (χ0) is 17.4. The molecule has 0 saturated heterocycles. The first-order valence-electron chi connectivity index (χ1n) is 6.42. The fourth-order valence-electron chi connectivity index (χ4n) is 2.29. The van der Waals surface area contributed by atoms with Crippen molar-refractivity contribution in [3.63, 3.8) is 0 Å². The van der Waals surface area contributed by atoms with Gasteiger partial charge in [-0.25, -0.2) is 8.42 Å². The largest absolute Gasteiger partial charge is 0.471 e. The second kappa shape index (κ2) is 6.01. The predicted molar refractivity (Wildman–Crippen MR) is 81.1 cm³/mol. The molecule has 0 saturated carbocycles. The number of hydrogen-bond acceptors (Lipinski definition) is 3. The van der Waals surface area contributed by atoms with Gasteiger partial charge in [0.05, 0.1) is 10.6 Å². The zero-order valence-electron chi connectivity index (χ0n) is 11.8. The third-order valence-corrected chi connectivity index (χ3v) is 4.60. The van der Waals surface area contributed by atoms with E-state index in [4.69, 9.17) is 10.7 Å². The highest BCUT2D eigenvalue weighted by Gasteiger charge is 2.42. The van der Waals surface area contributed by atoms with E-state index >= 15 is 0 Å². The van der Waals surface area contributed by atoms with Crippen LogP contribution >= 0.6 is 10.7 Å². The lowest BCUT2D eigenvalue weighted by Gasteiger charge is -2.24. The summed E-state index contributed by atoms with van der Waals surface area (Å²) in [7, 11) is 1.27. The first kappa shape index (κ1) is 17.6. The Morgan fingerprint density at radius 1 is 1.13 bits per heavy atom. The molecule has 0 unspecified atom stereocenters. The minimum atomic E-state index is -5.03. The van der Waals surface area contributed by atoms with Crippen molar-refractivity contribution in [3.8, 4) is 0 Å². The van der Waals surface area contributed by atoms with Crippen LogP contribution in [0.2, 0.25) is 0 Å². The van der Waals surface area contributed by atoms with E-state index in [0.717, 1.165) is 0 Å². The number of nitrogens with zero attached hydrogens (tertiary/aromatic N) is 1. The predicted octanol–water partition coefficient (Wildman–Crippen LogP) is 3.68.